The van der Waals surface area contributed by atoms with Crippen LogP contribution in [0.5, 0.6) is 0 Å². The molecule has 2 atom stereocenters. The van der Waals surface area contributed by atoms with Crippen molar-refractivity contribution in [2.45, 2.75) is 25.3 Å². The molecule has 1 amide bonds. The Hall–Kier alpha value is -1.95. The smallest absolute Gasteiger partial charge is 0.228 e. The van der Waals surface area contributed by atoms with E-state index in [-0.39, 0.29) is 24.2 Å². The number of nitrogens with two attached hydrogens (primary N) is 1. The summed E-state index contributed by atoms with van der Waals surface area (Å²) in [5.41, 5.74) is 7.14. The summed E-state index contributed by atoms with van der Waals surface area (Å²) in [5.74, 6) is 0.740. The van der Waals surface area contributed by atoms with Gasteiger partial charge in [0.15, 0.2) is 5.58 Å². The Balaban J connectivity index is 1.50. The largest absolute Gasteiger partial charge is 0.356 e. The van der Waals surface area contributed by atoms with E-state index in [1.165, 1.54) is 31.0 Å². The number of aromatic nitrogens is 1. The Bertz CT molecular complexity index is 725. The van der Waals surface area contributed by atoms with Gasteiger partial charge in [-0.05, 0) is 42.9 Å². The van der Waals surface area contributed by atoms with Gasteiger partial charge in [0.1, 0.15) is 11.5 Å². The molecule has 0 unspecified atom stereocenters. The monoisotopic (exact) mass is 303 g/mol. The third kappa shape index (κ3) is 2.37. The Morgan fingerprint density at radius 3 is 3.00 bits per heavy atom. The minimum Gasteiger partial charge on any atom is -0.356 e. The molecular weight excluding hydrogens is 285 g/mol. The number of carbonyl (C=O) groups excluding carboxylic acids is 1. The minimum absolute atomic E-state index is 0.0157. The number of nitrogens with zero attached hydrogens (tertiary/aromatic N) is 2. The number of amides is 1. The van der Waals surface area contributed by atoms with Crippen molar-refractivity contribution in [2.24, 2.45) is 17.6 Å². The maximum absolute atomic E-state index is 13.3. The quantitative estimate of drug-likeness (QED) is 0.937. The van der Waals surface area contributed by atoms with Gasteiger partial charge in [0, 0.05) is 24.5 Å². The van der Waals surface area contributed by atoms with E-state index < -0.39 is 0 Å². The van der Waals surface area contributed by atoms with Gasteiger partial charge in [-0.15, -0.1) is 0 Å². The molecule has 6 heteroatoms. The van der Waals surface area contributed by atoms with Crippen LogP contribution in [0.25, 0.3) is 11.0 Å². The van der Waals surface area contributed by atoms with Gasteiger partial charge in [-0.3, -0.25) is 4.79 Å². The summed E-state index contributed by atoms with van der Waals surface area (Å²) in [6.07, 6.45) is 2.59. The molecule has 5 nitrogen and oxygen atoms in total. The molecule has 1 aromatic heterocycles. The molecule has 0 spiro atoms. The predicted octanol–water partition coefficient (Wildman–Crippen LogP) is 1.71. The van der Waals surface area contributed by atoms with E-state index in [1.54, 1.807) is 0 Å². The highest BCUT2D eigenvalue weighted by atomic mass is 19.1. The average molecular weight is 303 g/mol. The Labute approximate surface area is 127 Å². The highest BCUT2D eigenvalue weighted by molar-refractivity contribution is 5.86. The highest BCUT2D eigenvalue weighted by Gasteiger charge is 2.42. The fraction of sp³-hybridized carbons (Fsp3) is 0.500. The van der Waals surface area contributed by atoms with Gasteiger partial charge in [-0.25, -0.2) is 4.39 Å². The molecular formula is C16H18FN3O2. The van der Waals surface area contributed by atoms with Crippen LogP contribution in [0.3, 0.4) is 0 Å². The van der Waals surface area contributed by atoms with Crippen molar-refractivity contribution in [3.63, 3.8) is 0 Å². The lowest BCUT2D eigenvalue weighted by Crippen LogP contribution is -2.33. The van der Waals surface area contributed by atoms with E-state index in [0.717, 1.165) is 6.54 Å². The molecule has 1 aliphatic carbocycles. The molecule has 1 saturated carbocycles. The van der Waals surface area contributed by atoms with Crippen molar-refractivity contribution < 1.29 is 13.7 Å². The van der Waals surface area contributed by atoms with E-state index >= 15 is 0 Å². The number of fused-ring (bicyclic) bond motifs is 1. The number of hydrogen-bond acceptors (Lipinski definition) is 4. The first-order chi connectivity index (χ1) is 10.6. The van der Waals surface area contributed by atoms with E-state index in [1.807, 2.05) is 4.90 Å². The maximum atomic E-state index is 13.3. The lowest BCUT2D eigenvalue weighted by Gasteiger charge is -2.15. The second-order valence-electron chi connectivity index (χ2n) is 6.41. The molecule has 116 valence electrons. The van der Waals surface area contributed by atoms with Gasteiger partial charge >= 0.3 is 0 Å². The number of rotatable bonds is 3. The van der Waals surface area contributed by atoms with Gasteiger partial charge < -0.3 is 15.2 Å². The predicted molar refractivity (Wildman–Crippen MR) is 78.4 cm³/mol. The molecule has 2 N–H and O–H groups in total. The summed E-state index contributed by atoms with van der Waals surface area (Å²) in [6.45, 7) is 1.33. The lowest BCUT2D eigenvalue weighted by atomic mass is 9.99. The van der Waals surface area contributed by atoms with E-state index in [0.29, 0.717) is 35.0 Å². The summed E-state index contributed by atoms with van der Waals surface area (Å²) in [5, 5.41) is 4.48. The Morgan fingerprint density at radius 1 is 1.41 bits per heavy atom. The van der Waals surface area contributed by atoms with Gasteiger partial charge in [0.25, 0.3) is 0 Å². The van der Waals surface area contributed by atoms with Crippen molar-refractivity contribution in [1.82, 2.24) is 10.1 Å². The molecule has 1 saturated heterocycles. The first kappa shape index (κ1) is 13.7. The molecule has 2 aliphatic rings. The Morgan fingerprint density at radius 2 is 2.23 bits per heavy atom. The first-order valence-corrected chi connectivity index (χ1v) is 7.69. The Kier molecular flexibility index (Phi) is 3.14. The molecule has 4 rings (SSSR count). The molecule has 2 heterocycles. The van der Waals surface area contributed by atoms with Gasteiger partial charge in [-0.1, -0.05) is 5.16 Å². The van der Waals surface area contributed by atoms with Crippen molar-refractivity contribution in [1.29, 1.82) is 0 Å². The minimum atomic E-state index is -0.360. The molecule has 1 aliphatic heterocycles. The molecule has 2 aromatic rings. The molecule has 22 heavy (non-hydrogen) atoms. The average Bonchev–Trinajstić information content (AvgIpc) is 3.16. The zero-order chi connectivity index (χ0) is 15.3. The summed E-state index contributed by atoms with van der Waals surface area (Å²) in [6, 6.07) is 4.28. The third-order valence-electron chi connectivity index (χ3n) is 4.82. The lowest BCUT2D eigenvalue weighted by molar-refractivity contribution is -0.129. The third-order valence-corrected chi connectivity index (χ3v) is 4.82. The van der Waals surface area contributed by atoms with Crippen LogP contribution in [-0.2, 0) is 11.2 Å². The standard InChI is InChI=1S/C16H18FN3O2/c17-10-3-4-15-11(5-10)14(19-22-15)6-16(21)20-7-12(9-1-2-9)13(18)8-20/h3-5,9,12-13H,1-2,6-8,18H2/t12-,13+/m0/s1. The molecule has 0 bridgehead atoms. The van der Waals surface area contributed by atoms with Crippen molar-refractivity contribution in [3.8, 4) is 0 Å². The van der Waals surface area contributed by atoms with Crippen molar-refractivity contribution in [3.05, 3.63) is 29.7 Å². The SMILES string of the molecule is N[C@@H]1CN(C(=O)Cc2noc3ccc(F)cc23)C[C@H]1C1CC1. The normalized spacial score (nSPS) is 25.1. The van der Waals surface area contributed by atoms with Crippen LogP contribution >= 0.6 is 0 Å². The van der Waals surface area contributed by atoms with Crippen LogP contribution in [0, 0.1) is 17.7 Å². The van der Waals surface area contributed by atoms with Crippen LogP contribution in [0.2, 0.25) is 0 Å². The van der Waals surface area contributed by atoms with Gasteiger partial charge in [-0.2, -0.15) is 0 Å². The number of halogens is 1. The number of likely N-dealkylation sites (tertiary alicyclic amines) is 1. The molecule has 0 radical (unpaired) electrons. The highest BCUT2D eigenvalue weighted by Crippen LogP contribution is 2.41. The van der Waals surface area contributed by atoms with Crippen LogP contribution in [0.15, 0.2) is 22.7 Å². The summed E-state index contributed by atoms with van der Waals surface area (Å²) < 4.78 is 18.5. The number of carbonyl (C=O) groups is 1. The number of hydrogen-bond donors (Lipinski definition) is 1. The molecule has 1 aromatic carbocycles. The second-order valence-corrected chi connectivity index (χ2v) is 6.41. The summed E-state index contributed by atoms with van der Waals surface area (Å²) >= 11 is 0. The van der Waals surface area contributed by atoms with Crippen molar-refractivity contribution in [2.75, 3.05) is 13.1 Å². The topological polar surface area (TPSA) is 72.4 Å². The fourth-order valence-corrected chi connectivity index (χ4v) is 3.42. The van der Waals surface area contributed by atoms with E-state index in [2.05, 4.69) is 5.16 Å². The number of benzene rings is 1. The molecule has 2 fully saturated rings. The summed E-state index contributed by atoms with van der Waals surface area (Å²) in [4.78, 5) is 14.3. The van der Waals surface area contributed by atoms with Crippen LogP contribution < -0.4 is 5.73 Å². The van der Waals surface area contributed by atoms with E-state index in [4.69, 9.17) is 10.3 Å². The van der Waals surface area contributed by atoms with Crippen molar-refractivity contribution >= 4 is 16.9 Å². The maximum Gasteiger partial charge on any atom is 0.228 e. The van der Waals surface area contributed by atoms with Crippen LogP contribution in [-0.4, -0.2) is 35.1 Å². The van der Waals surface area contributed by atoms with Gasteiger partial charge in [0.2, 0.25) is 5.91 Å². The van der Waals surface area contributed by atoms with Crippen LogP contribution in [0.1, 0.15) is 18.5 Å². The first-order valence-electron chi connectivity index (χ1n) is 7.69. The zero-order valence-corrected chi connectivity index (χ0v) is 12.2. The van der Waals surface area contributed by atoms with Crippen LogP contribution in [0.4, 0.5) is 4.39 Å². The van der Waals surface area contributed by atoms with Gasteiger partial charge in [0.05, 0.1) is 6.42 Å². The van der Waals surface area contributed by atoms with E-state index in [9.17, 15) is 9.18 Å². The zero-order valence-electron chi connectivity index (χ0n) is 12.2. The second kappa shape index (κ2) is 5.05. The summed E-state index contributed by atoms with van der Waals surface area (Å²) in [7, 11) is 0. The fourth-order valence-electron chi connectivity index (χ4n) is 3.42.